The van der Waals surface area contributed by atoms with Crippen LogP contribution >= 0.6 is 11.6 Å². The van der Waals surface area contributed by atoms with Gasteiger partial charge in [0, 0.05) is 59.6 Å². The van der Waals surface area contributed by atoms with Crippen LogP contribution in [0, 0.1) is 0 Å². The van der Waals surface area contributed by atoms with Crippen LogP contribution in [0.15, 0.2) is 60.9 Å². The van der Waals surface area contributed by atoms with Gasteiger partial charge >= 0.3 is 0 Å². The van der Waals surface area contributed by atoms with Gasteiger partial charge in [-0.15, -0.1) is 0 Å². The first-order chi connectivity index (χ1) is 16.6. The van der Waals surface area contributed by atoms with Crippen molar-refractivity contribution >= 4 is 28.2 Å². The zero-order chi connectivity index (χ0) is 23.8. The molecule has 4 rings (SSSR count). The lowest BCUT2D eigenvalue weighted by Crippen LogP contribution is -2.04. The number of hydrogen-bond acceptors (Lipinski definition) is 6. The quantitative estimate of drug-likeness (QED) is 0.263. The lowest BCUT2D eigenvalue weighted by molar-refractivity contribution is 0.393. The molecule has 0 aliphatic heterocycles. The SMILES string of the molecule is COc1cc(Cc2ccnc(CCCCCNc3ccnc4cc(Cl)ccc34)n2)cc(OC)c1. The van der Waals surface area contributed by atoms with Gasteiger partial charge in [-0.2, -0.15) is 0 Å². The highest BCUT2D eigenvalue weighted by Gasteiger charge is 2.06. The summed E-state index contributed by atoms with van der Waals surface area (Å²) in [5.41, 5.74) is 4.08. The van der Waals surface area contributed by atoms with Gasteiger partial charge in [0.15, 0.2) is 0 Å². The summed E-state index contributed by atoms with van der Waals surface area (Å²) in [4.78, 5) is 13.6. The third kappa shape index (κ3) is 6.35. The number of halogens is 1. The van der Waals surface area contributed by atoms with E-state index in [1.54, 1.807) is 14.2 Å². The lowest BCUT2D eigenvalue weighted by atomic mass is 10.1. The molecule has 0 spiro atoms. The van der Waals surface area contributed by atoms with E-state index in [2.05, 4.69) is 15.3 Å². The van der Waals surface area contributed by atoms with Crippen LogP contribution in [0.5, 0.6) is 11.5 Å². The summed E-state index contributed by atoms with van der Waals surface area (Å²) >= 11 is 6.08. The van der Waals surface area contributed by atoms with E-state index in [9.17, 15) is 0 Å². The molecule has 34 heavy (non-hydrogen) atoms. The van der Waals surface area contributed by atoms with Crippen LogP contribution in [-0.2, 0) is 12.8 Å². The molecule has 0 fully saturated rings. The van der Waals surface area contributed by atoms with Crippen molar-refractivity contribution < 1.29 is 9.47 Å². The molecular weight excluding hydrogens is 448 g/mol. The number of nitrogens with zero attached hydrogens (tertiary/aromatic N) is 3. The molecule has 7 heteroatoms. The molecule has 2 heterocycles. The number of rotatable bonds is 11. The minimum atomic E-state index is 0.701. The maximum atomic E-state index is 6.08. The van der Waals surface area contributed by atoms with Crippen LogP contribution in [0.4, 0.5) is 5.69 Å². The zero-order valence-electron chi connectivity index (χ0n) is 19.6. The first kappa shape index (κ1) is 23.8. The van der Waals surface area contributed by atoms with E-state index in [1.807, 2.05) is 60.9 Å². The first-order valence-corrected chi connectivity index (χ1v) is 11.8. The van der Waals surface area contributed by atoms with Crippen molar-refractivity contribution in [3.8, 4) is 11.5 Å². The highest BCUT2D eigenvalue weighted by molar-refractivity contribution is 6.31. The summed E-state index contributed by atoms with van der Waals surface area (Å²) < 4.78 is 10.7. The third-order valence-electron chi connectivity index (χ3n) is 5.66. The number of ether oxygens (including phenoxy) is 2. The minimum absolute atomic E-state index is 0.701. The maximum Gasteiger partial charge on any atom is 0.128 e. The monoisotopic (exact) mass is 476 g/mol. The molecule has 0 atom stereocenters. The van der Waals surface area contributed by atoms with Gasteiger partial charge < -0.3 is 14.8 Å². The molecule has 0 saturated carbocycles. The van der Waals surface area contributed by atoms with Crippen LogP contribution in [0.2, 0.25) is 5.02 Å². The molecule has 0 unspecified atom stereocenters. The van der Waals surface area contributed by atoms with E-state index in [0.717, 1.165) is 77.4 Å². The smallest absolute Gasteiger partial charge is 0.128 e. The van der Waals surface area contributed by atoms with Gasteiger partial charge in [-0.25, -0.2) is 9.97 Å². The highest BCUT2D eigenvalue weighted by Crippen LogP contribution is 2.25. The van der Waals surface area contributed by atoms with Crippen molar-refractivity contribution in [1.29, 1.82) is 0 Å². The fourth-order valence-electron chi connectivity index (χ4n) is 3.92. The van der Waals surface area contributed by atoms with E-state index in [-0.39, 0.29) is 0 Å². The number of unbranched alkanes of at least 4 members (excludes halogenated alkanes) is 2. The Hall–Kier alpha value is -3.38. The van der Waals surface area contributed by atoms with Crippen LogP contribution in [0.3, 0.4) is 0 Å². The van der Waals surface area contributed by atoms with Gasteiger partial charge in [-0.1, -0.05) is 18.0 Å². The van der Waals surface area contributed by atoms with Crippen LogP contribution in [-0.4, -0.2) is 35.7 Å². The van der Waals surface area contributed by atoms with Crippen molar-refractivity contribution in [2.75, 3.05) is 26.1 Å². The summed E-state index contributed by atoms with van der Waals surface area (Å²) in [6.45, 7) is 0.903. The third-order valence-corrected chi connectivity index (χ3v) is 5.89. The van der Waals surface area contributed by atoms with E-state index < -0.39 is 0 Å². The second-order valence-electron chi connectivity index (χ2n) is 8.12. The van der Waals surface area contributed by atoms with Crippen molar-refractivity contribution in [1.82, 2.24) is 15.0 Å². The Labute approximate surface area is 205 Å². The molecule has 0 radical (unpaired) electrons. The average molecular weight is 477 g/mol. The molecule has 1 N–H and O–H groups in total. The normalized spacial score (nSPS) is 10.9. The Balaban J connectivity index is 1.25. The summed E-state index contributed by atoms with van der Waals surface area (Å²) in [6.07, 6.45) is 8.45. The van der Waals surface area contributed by atoms with Gasteiger partial charge in [0.05, 0.1) is 19.7 Å². The summed E-state index contributed by atoms with van der Waals surface area (Å²) in [7, 11) is 3.32. The molecule has 2 aromatic carbocycles. The van der Waals surface area contributed by atoms with Crippen molar-refractivity contribution in [3.05, 3.63) is 83.0 Å². The molecule has 0 saturated heterocycles. The number of aromatic nitrogens is 3. The predicted molar refractivity (Wildman–Crippen MR) is 137 cm³/mol. The van der Waals surface area contributed by atoms with E-state index in [0.29, 0.717) is 11.4 Å². The van der Waals surface area contributed by atoms with Crippen molar-refractivity contribution in [2.24, 2.45) is 0 Å². The molecule has 2 aromatic heterocycles. The fraction of sp³-hybridized carbons (Fsp3) is 0.296. The van der Waals surface area contributed by atoms with E-state index >= 15 is 0 Å². The van der Waals surface area contributed by atoms with Crippen LogP contribution in [0.25, 0.3) is 10.9 Å². The number of hydrogen-bond donors (Lipinski definition) is 1. The lowest BCUT2D eigenvalue weighted by Gasteiger charge is -2.10. The number of benzene rings is 2. The standard InChI is InChI=1S/C27H29ClN4O2/c1-33-22-15-19(16-23(18-22)34-2)14-21-9-12-31-27(32-21)6-4-3-5-11-29-25-10-13-30-26-17-20(28)7-8-24(25)26/h7-10,12-13,15-18H,3-6,11,14H2,1-2H3,(H,29,30). The minimum Gasteiger partial charge on any atom is -0.497 e. The fourth-order valence-corrected chi connectivity index (χ4v) is 4.09. The van der Waals surface area contributed by atoms with E-state index in [4.69, 9.17) is 26.1 Å². The molecule has 0 amide bonds. The van der Waals surface area contributed by atoms with E-state index in [1.165, 1.54) is 0 Å². The molecule has 6 nitrogen and oxygen atoms in total. The number of methoxy groups -OCH3 is 2. The number of anilines is 1. The van der Waals surface area contributed by atoms with Gasteiger partial charge in [0.2, 0.25) is 0 Å². The maximum absolute atomic E-state index is 6.08. The second-order valence-corrected chi connectivity index (χ2v) is 8.56. The molecule has 176 valence electrons. The Kier molecular flexibility index (Phi) is 8.15. The van der Waals surface area contributed by atoms with Crippen LogP contribution < -0.4 is 14.8 Å². The van der Waals surface area contributed by atoms with Gasteiger partial charge in [-0.3, -0.25) is 4.98 Å². The number of nitrogens with one attached hydrogen (secondary N) is 1. The number of aryl methyl sites for hydroxylation is 1. The molecule has 0 aliphatic carbocycles. The summed E-state index contributed by atoms with van der Waals surface area (Å²) in [5, 5.41) is 5.32. The predicted octanol–water partition coefficient (Wildman–Crippen LogP) is 6.11. The van der Waals surface area contributed by atoms with Gasteiger partial charge in [0.1, 0.15) is 17.3 Å². The Morgan fingerprint density at radius 2 is 1.65 bits per heavy atom. The Morgan fingerprint density at radius 1 is 0.853 bits per heavy atom. The second kappa shape index (κ2) is 11.7. The summed E-state index contributed by atoms with van der Waals surface area (Å²) in [5.74, 6) is 2.44. The highest BCUT2D eigenvalue weighted by atomic mass is 35.5. The molecular formula is C27H29ClN4O2. The largest absolute Gasteiger partial charge is 0.497 e. The van der Waals surface area contributed by atoms with Crippen LogP contribution in [0.1, 0.15) is 36.3 Å². The summed E-state index contributed by atoms with van der Waals surface area (Å²) in [6, 6.07) is 15.7. The molecule has 4 aromatic rings. The van der Waals surface area contributed by atoms with Gasteiger partial charge in [0.25, 0.3) is 0 Å². The zero-order valence-corrected chi connectivity index (χ0v) is 20.3. The average Bonchev–Trinajstić information content (AvgIpc) is 2.85. The molecule has 0 bridgehead atoms. The number of fused-ring (bicyclic) bond motifs is 1. The van der Waals surface area contributed by atoms with Crippen molar-refractivity contribution in [2.45, 2.75) is 32.1 Å². The van der Waals surface area contributed by atoms with Crippen molar-refractivity contribution in [3.63, 3.8) is 0 Å². The Bertz CT molecular complexity index is 1230. The number of pyridine rings is 1. The Morgan fingerprint density at radius 3 is 2.44 bits per heavy atom. The topological polar surface area (TPSA) is 69.2 Å². The molecule has 0 aliphatic rings. The van der Waals surface area contributed by atoms with Gasteiger partial charge in [-0.05, 0) is 60.9 Å². The first-order valence-electron chi connectivity index (χ1n) is 11.5.